The molecular weight excluding hydrogens is 222 g/mol. The van der Waals surface area contributed by atoms with Gasteiger partial charge in [-0.15, -0.1) is 0 Å². The highest BCUT2D eigenvalue weighted by Crippen LogP contribution is 2.56. The van der Waals surface area contributed by atoms with Crippen LogP contribution >= 0.6 is 11.6 Å². The molecule has 4 heteroatoms. The number of nitrogens with zero attached hydrogens (tertiary/aromatic N) is 3. The average Bonchev–Trinajstić information content (AvgIpc) is 2.77. The van der Waals surface area contributed by atoms with Crippen LogP contribution in [0.1, 0.15) is 23.6 Å². The summed E-state index contributed by atoms with van der Waals surface area (Å²) in [6, 6.07) is 3.78. The van der Waals surface area contributed by atoms with Crippen LogP contribution in [-0.4, -0.2) is 14.8 Å². The number of aromatic nitrogens is 3. The highest BCUT2D eigenvalue weighted by atomic mass is 35.5. The second-order valence-corrected chi connectivity index (χ2v) is 5.04. The molecule has 16 heavy (non-hydrogen) atoms. The quantitative estimate of drug-likeness (QED) is 0.755. The van der Waals surface area contributed by atoms with Crippen LogP contribution in [0.15, 0.2) is 24.5 Å². The second-order valence-electron chi connectivity index (χ2n) is 4.61. The Balaban J connectivity index is 1.86. The van der Waals surface area contributed by atoms with Crippen LogP contribution in [0.4, 0.5) is 0 Å². The third kappa shape index (κ3) is 1.09. The standard InChI is InChI=1S/C12H10ClN3/c13-9-1-2-11(14-6-9)16-12-8(5-15-16)3-7-4-10(7)12/h1-2,5-7,10H,3-4H2/t7-,10+/m0/s1. The Labute approximate surface area is 98.1 Å². The van der Waals surface area contributed by atoms with Gasteiger partial charge in [0.25, 0.3) is 0 Å². The van der Waals surface area contributed by atoms with Crippen LogP contribution in [0.3, 0.4) is 0 Å². The van der Waals surface area contributed by atoms with Crippen LogP contribution in [-0.2, 0) is 6.42 Å². The minimum atomic E-state index is 0.664. The maximum atomic E-state index is 5.84. The summed E-state index contributed by atoms with van der Waals surface area (Å²) in [5, 5.41) is 5.09. The highest BCUT2D eigenvalue weighted by molar-refractivity contribution is 6.30. The molecule has 0 N–H and O–H groups in total. The summed E-state index contributed by atoms with van der Waals surface area (Å²) in [5.74, 6) is 2.49. The molecule has 0 aromatic carbocycles. The fraction of sp³-hybridized carbons (Fsp3) is 0.333. The molecule has 0 saturated heterocycles. The molecule has 0 radical (unpaired) electrons. The average molecular weight is 232 g/mol. The van der Waals surface area contributed by atoms with Crippen molar-refractivity contribution in [2.24, 2.45) is 5.92 Å². The summed E-state index contributed by atoms with van der Waals surface area (Å²) in [7, 11) is 0. The molecular formula is C12H10ClN3. The van der Waals surface area contributed by atoms with Gasteiger partial charge in [0.15, 0.2) is 5.82 Å². The molecule has 2 aromatic rings. The minimum Gasteiger partial charge on any atom is -0.236 e. The fourth-order valence-corrected chi connectivity index (χ4v) is 2.82. The number of rotatable bonds is 1. The molecule has 2 aliphatic carbocycles. The minimum absolute atomic E-state index is 0.664. The van der Waals surface area contributed by atoms with Crippen molar-refractivity contribution in [2.75, 3.05) is 0 Å². The molecule has 1 saturated carbocycles. The Morgan fingerprint density at radius 2 is 2.25 bits per heavy atom. The van der Waals surface area contributed by atoms with E-state index in [1.165, 1.54) is 24.1 Å². The third-order valence-corrected chi connectivity index (χ3v) is 3.79. The van der Waals surface area contributed by atoms with Gasteiger partial charge in [-0.2, -0.15) is 5.10 Å². The van der Waals surface area contributed by atoms with Gasteiger partial charge in [-0.1, -0.05) is 11.6 Å². The molecule has 0 bridgehead atoms. The highest BCUT2D eigenvalue weighted by Gasteiger charge is 2.48. The summed E-state index contributed by atoms with van der Waals surface area (Å²) in [5.41, 5.74) is 2.78. The van der Waals surface area contributed by atoms with E-state index in [9.17, 15) is 0 Å². The van der Waals surface area contributed by atoms with Crippen molar-refractivity contribution in [3.8, 4) is 5.82 Å². The third-order valence-electron chi connectivity index (χ3n) is 3.57. The zero-order valence-electron chi connectivity index (χ0n) is 8.60. The van der Waals surface area contributed by atoms with Crippen LogP contribution in [0.25, 0.3) is 5.82 Å². The Hall–Kier alpha value is -1.35. The summed E-state index contributed by atoms with van der Waals surface area (Å²) < 4.78 is 1.98. The molecule has 2 aromatic heterocycles. The van der Waals surface area contributed by atoms with Gasteiger partial charge in [0.1, 0.15) is 0 Å². The summed E-state index contributed by atoms with van der Waals surface area (Å²) in [6.07, 6.45) is 6.18. The number of pyridine rings is 1. The predicted octanol–water partition coefficient (Wildman–Crippen LogP) is 2.58. The zero-order valence-corrected chi connectivity index (χ0v) is 9.35. The van der Waals surface area contributed by atoms with Crippen LogP contribution in [0, 0.1) is 5.92 Å². The normalized spacial score (nSPS) is 25.3. The smallest absolute Gasteiger partial charge is 0.153 e. The molecule has 2 atom stereocenters. The second kappa shape index (κ2) is 2.86. The molecule has 1 fully saturated rings. The first-order chi connectivity index (χ1) is 7.83. The molecule has 0 spiro atoms. The van der Waals surface area contributed by atoms with Crippen molar-refractivity contribution in [1.29, 1.82) is 0 Å². The Morgan fingerprint density at radius 3 is 3.06 bits per heavy atom. The van der Waals surface area contributed by atoms with E-state index >= 15 is 0 Å². The maximum Gasteiger partial charge on any atom is 0.153 e. The number of fused-ring (bicyclic) bond motifs is 3. The summed E-state index contributed by atoms with van der Waals surface area (Å²) >= 11 is 5.84. The van der Waals surface area contributed by atoms with Crippen molar-refractivity contribution in [1.82, 2.24) is 14.8 Å². The van der Waals surface area contributed by atoms with E-state index in [2.05, 4.69) is 10.1 Å². The zero-order chi connectivity index (χ0) is 10.7. The van der Waals surface area contributed by atoms with Crippen LogP contribution in [0.5, 0.6) is 0 Å². The van der Waals surface area contributed by atoms with Gasteiger partial charge in [-0.05, 0) is 36.5 Å². The molecule has 2 aliphatic rings. The lowest BCUT2D eigenvalue weighted by molar-refractivity contribution is 0.771. The fourth-order valence-electron chi connectivity index (χ4n) is 2.71. The molecule has 0 amide bonds. The van der Waals surface area contributed by atoms with Crippen molar-refractivity contribution in [3.63, 3.8) is 0 Å². The number of hydrogen-bond donors (Lipinski definition) is 0. The molecule has 0 unspecified atom stereocenters. The van der Waals surface area contributed by atoms with Gasteiger partial charge in [-0.3, -0.25) is 0 Å². The van der Waals surface area contributed by atoms with Gasteiger partial charge in [0, 0.05) is 12.1 Å². The van der Waals surface area contributed by atoms with Crippen LogP contribution < -0.4 is 0 Å². The Kier molecular flexibility index (Phi) is 1.56. The van der Waals surface area contributed by atoms with Gasteiger partial charge < -0.3 is 0 Å². The summed E-state index contributed by atoms with van der Waals surface area (Å²) in [4.78, 5) is 4.32. The molecule has 2 heterocycles. The molecule has 4 rings (SSSR count). The predicted molar refractivity (Wildman–Crippen MR) is 60.9 cm³/mol. The van der Waals surface area contributed by atoms with Gasteiger partial charge in [0.05, 0.1) is 16.9 Å². The molecule has 3 nitrogen and oxygen atoms in total. The van der Waals surface area contributed by atoms with E-state index in [0.29, 0.717) is 5.02 Å². The van der Waals surface area contributed by atoms with Gasteiger partial charge in [-0.25, -0.2) is 9.67 Å². The topological polar surface area (TPSA) is 30.7 Å². The lowest BCUT2D eigenvalue weighted by atomic mass is 10.2. The largest absolute Gasteiger partial charge is 0.236 e. The monoisotopic (exact) mass is 231 g/mol. The first-order valence-corrected chi connectivity index (χ1v) is 5.89. The summed E-state index contributed by atoms with van der Waals surface area (Å²) in [6.45, 7) is 0. The first kappa shape index (κ1) is 8.76. The Bertz CT molecular complexity index is 558. The Morgan fingerprint density at radius 1 is 1.31 bits per heavy atom. The van der Waals surface area contributed by atoms with Gasteiger partial charge in [0.2, 0.25) is 0 Å². The van der Waals surface area contributed by atoms with E-state index in [0.717, 1.165) is 17.7 Å². The number of hydrogen-bond acceptors (Lipinski definition) is 2. The maximum absolute atomic E-state index is 5.84. The van der Waals surface area contributed by atoms with E-state index in [4.69, 9.17) is 11.6 Å². The first-order valence-electron chi connectivity index (χ1n) is 5.51. The van der Waals surface area contributed by atoms with E-state index in [1.54, 1.807) is 6.20 Å². The van der Waals surface area contributed by atoms with Crippen molar-refractivity contribution < 1.29 is 0 Å². The molecule has 80 valence electrons. The van der Waals surface area contributed by atoms with Crippen LogP contribution in [0.2, 0.25) is 5.02 Å². The van der Waals surface area contributed by atoms with Crippen molar-refractivity contribution in [2.45, 2.75) is 18.8 Å². The van der Waals surface area contributed by atoms with Gasteiger partial charge >= 0.3 is 0 Å². The van der Waals surface area contributed by atoms with E-state index < -0.39 is 0 Å². The van der Waals surface area contributed by atoms with Crippen molar-refractivity contribution in [3.05, 3.63) is 40.8 Å². The van der Waals surface area contributed by atoms with Crippen molar-refractivity contribution >= 4 is 11.6 Å². The van der Waals surface area contributed by atoms with E-state index in [-0.39, 0.29) is 0 Å². The lowest BCUT2D eigenvalue weighted by Gasteiger charge is -2.05. The number of halogens is 1. The lowest BCUT2D eigenvalue weighted by Crippen LogP contribution is -2.03. The molecule has 0 aliphatic heterocycles. The van der Waals surface area contributed by atoms with E-state index in [1.807, 2.05) is 23.0 Å². The SMILES string of the molecule is Clc1ccc(-n2ncc3c2[C@@H]2C[C@@H]2C3)nc1.